The van der Waals surface area contributed by atoms with Crippen molar-refractivity contribution in [3.05, 3.63) is 65.0 Å². The van der Waals surface area contributed by atoms with E-state index in [1.807, 2.05) is 36.4 Å². The van der Waals surface area contributed by atoms with Gasteiger partial charge in [-0.1, -0.05) is 42.1 Å². The van der Waals surface area contributed by atoms with Crippen LogP contribution < -0.4 is 15.9 Å². The van der Waals surface area contributed by atoms with Gasteiger partial charge in [-0.15, -0.1) is 0 Å². The van der Waals surface area contributed by atoms with Crippen LogP contribution >= 0.6 is 11.8 Å². The summed E-state index contributed by atoms with van der Waals surface area (Å²) in [5.41, 5.74) is 3.83. The maximum Gasteiger partial charge on any atom is 0.281 e. The zero-order valence-electron chi connectivity index (χ0n) is 16.9. The van der Waals surface area contributed by atoms with Crippen molar-refractivity contribution in [1.29, 1.82) is 0 Å². The Hall–Kier alpha value is -3.13. The van der Waals surface area contributed by atoms with Gasteiger partial charge in [0, 0.05) is 24.4 Å². The summed E-state index contributed by atoms with van der Waals surface area (Å²) in [5, 5.41) is 0.931. The molecule has 0 bridgehead atoms. The molecule has 2 aliphatic rings. The van der Waals surface area contributed by atoms with Crippen molar-refractivity contribution in [1.82, 2.24) is 9.66 Å². The summed E-state index contributed by atoms with van der Waals surface area (Å²) in [6, 6.07) is 16.4. The molecule has 8 heteroatoms. The van der Waals surface area contributed by atoms with E-state index in [-0.39, 0.29) is 30.3 Å². The minimum absolute atomic E-state index is 0.0985. The Labute approximate surface area is 183 Å². The summed E-state index contributed by atoms with van der Waals surface area (Å²) >= 11 is 1.49. The molecule has 31 heavy (non-hydrogen) atoms. The van der Waals surface area contributed by atoms with Crippen molar-refractivity contribution < 1.29 is 9.59 Å². The predicted octanol–water partition coefficient (Wildman–Crippen LogP) is 3.02. The van der Waals surface area contributed by atoms with E-state index in [2.05, 4.69) is 10.4 Å². The Kier molecular flexibility index (Phi) is 5.23. The highest BCUT2D eigenvalue weighted by Crippen LogP contribution is 2.34. The number of hydrogen-bond donors (Lipinski definition) is 1. The van der Waals surface area contributed by atoms with Gasteiger partial charge in [0.25, 0.3) is 5.56 Å². The van der Waals surface area contributed by atoms with Crippen molar-refractivity contribution in [3.8, 4) is 0 Å². The molecule has 2 fully saturated rings. The first kappa shape index (κ1) is 19.8. The number of nitrogens with one attached hydrogen (secondary N) is 1. The van der Waals surface area contributed by atoms with Crippen LogP contribution in [-0.4, -0.2) is 33.8 Å². The van der Waals surface area contributed by atoms with Crippen LogP contribution in [0.15, 0.2) is 64.5 Å². The third-order valence-electron chi connectivity index (χ3n) is 5.68. The lowest BCUT2D eigenvalue weighted by Gasteiger charge is -2.18. The Morgan fingerprint density at radius 3 is 2.58 bits per heavy atom. The quantitative estimate of drug-likeness (QED) is 0.476. The van der Waals surface area contributed by atoms with Crippen LogP contribution in [0.1, 0.15) is 19.3 Å². The van der Waals surface area contributed by atoms with Crippen molar-refractivity contribution in [2.24, 2.45) is 11.8 Å². The summed E-state index contributed by atoms with van der Waals surface area (Å²) in [6.07, 6.45) is 2.49. The van der Waals surface area contributed by atoms with Crippen LogP contribution in [0.2, 0.25) is 0 Å². The highest BCUT2D eigenvalue weighted by Gasteiger charge is 2.35. The second-order valence-electron chi connectivity index (χ2n) is 8.02. The first-order chi connectivity index (χ1) is 15.1. The third kappa shape index (κ3) is 4.07. The summed E-state index contributed by atoms with van der Waals surface area (Å²) in [5.74, 6) is 0.527. The molecule has 0 spiro atoms. The first-order valence-corrected chi connectivity index (χ1v) is 11.4. The van der Waals surface area contributed by atoms with Gasteiger partial charge in [0.15, 0.2) is 5.16 Å². The molecule has 5 rings (SSSR count). The van der Waals surface area contributed by atoms with Gasteiger partial charge in [-0.05, 0) is 43.0 Å². The zero-order valence-corrected chi connectivity index (χ0v) is 17.7. The summed E-state index contributed by atoms with van der Waals surface area (Å²) in [4.78, 5) is 44.9. The van der Waals surface area contributed by atoms with Gasteiger partial charge in [0.2, 0.25) is 11.8 Å². The fourth-order valence-electron chi connectivity index (χ4n) is 3.73. The number of fused-ring (bicyclic) bond motifs is 1. The smallest absolute Gasteiger partial charge is 0.281 e. The van der Waals surface area contributed by atoms with Gasteiger partial charge < -0.3 is 4.90 Å². The molecule has 1 aliphatic carbocycles. The Balaban J connectivity index is 1.40. The number of amides is 2. The van der Waals surface area contributed by atoms with E-state index in [1.165, 1.54) is 29.3 Å². The number of hydrogen-bond acceptors (Lipinski definition) is 5. The lowest BCUT2D eigenvalue weighted by Crippen LogP contribution is -2.39. The maximum atomic E-state index is 13.1. The van der Waals surface area contributed by atoms with Crippen molar-refractivity contribution >= 4 is 40.2 Å². The number of nitrogens with zero attached hydrogens (tertiary/aromatic N) is 3. The molecule has 7 nitrogen and oxygen atoms in total. The lowest BCUT2D eigenvalue weighted by atomic mass is 10.1. The molecular formula is C23H22N4O3S. The summed E-state index contributed by atoms with van der Waals surface area (Å²) < 4.78 is 1.26. The van der Waals surface area contributed by atoms with E-state index in [0.717, 1.165) is 11.4 Å². The van der Waals surface area contributed by atoms with Crippen molar-refractivity contribution in [2.45, 2.75) is 24.4 Å². The van der Waals surface area contributed by atoms with Crippen molar-refractivity contribution in [2.75, 3.05) is 22.6 Å². The molecule has 0 radical (unpaired) electrons. The predicted molar refractivity (Wildman–Crippen MR) is 121 cm³/mol. The van der Waals surface area contributed by atoms with Gasteiger partial charge in [-0.25, -0.2) is 4.98 Å². The van der Waals surface area contributed by atoms with E-state index in [9.17, 15) is 14.4 Å². The van der Waals surface area contributed by atoms with Gasteiger partial charge in [0.1, 0.15) is 0 Å². The molecule has 1 aliphatic heterocycles. The number of anilines is 1. The number of aromatic nitrogens is 2. The van der Waals surface area contributed by atoms with Crippen molar-refractivity contribution in [3.63, 3.8) is 0 Å². The van der Waals surface area contributed by atoms with Gasteiger partial charge in [0.05, 0.1) is 16.8 Å². The van der Waals surface area contributed by atoms with E-state index < -0.39 is 5.92 Å². The molecule has 1 saturated heterocycles. The molecular weight excluding hydrogens is 412 g/mol. The average Bonchev–Trinajstić information content (AvgIpc) is 3.54. The minimum Gasteiger partial charge on any atom is -0.312 e. The number of carbonyl (C=O) groups is 2. The lowest BCUT2D eigenvalue weighted by molar-refractivity contribution is -0.123. The average molecular weight is 435 g/mol. The Morgan fingerprint density at radius 2 is 1.81 bits per heavy atom. The molecule has 1 atom stereocenters. The number of thioether (sulfide) groups is 1. The second-order valence-corrected chi connectivity index (χ2v) is 9.01. The van der Waals surface area contributed by atoms with Gasteiger partial charge >= 0.3 is 0 Å². The van der Waals surface area contributed by atoms with Crippen LogP contribution in [0.3, 0.4) is 0 Å². The first-order valence-electron chi connectivity index (χ1n) is 10.4. The van der Waals surface area contributed by atoms with E-state index in [1.54, 1.807) is 23.1 Å². The number of para-hydroxylation sites is 2. The SMILES string of the molecule is O=C(Nn1c(SCC2CC2)nc2ccccc2c1=O)C1CC(=O)N(c2ccccc2)C1. The molecule has 3 aromatic rings. The van der Waals surface area contributed by atoms with Gasteiger partial charge in [-0.2, -0.15) is 4.68 Å². The van der Waals surface area contributed by atoms with Crippen LogP contribution in [0.4, 0.5) is 5.69 Å². The molecule has 2 heterocycles. The normalized spacial score (nSPS) is 18.5. The Bertz CT molecular complexity index is 1210. The van der Waals surface area contributed by atoms with Crippen LogP contribution in [-0.2, 0) is 9.59 Å². The van der Waals surface area contributed by atoms with Crippen LogP contribution in [0, 0.1) is 11.8 Å². The summed E-state index contributed by atoms with van der Waals surface area (Å²) in [6.45, 7) is 0.287. The topological polar surface area (TPSA) is 84.3 Å². The minimum atomic E-state index is -0.535. The molecule has 1 aromatic heterocycles. The summed E-state index contributed by atoms with van der Waals surface area (Å²) in [7, 11) is 0. The highest BCUT2D eigenvalue weighted by molar-refractivity contribution is 7.99. The molecule has 2 amide bonds. The largest absolute Gasteiger partial charge is 0.312 e. The Morgan fingerprint density at radius 1 is 1.06 bits per heavy atom. The monoisotopic (exact) mass is 434 g/mol. The van der Waals surface area contributed by atoms with Crippen LogP contribution in [0.25, 0.3) is 10.9 Å². The van der Waals surface area contributed by atoms with Gasteiger partial charge in [-0.3, -0.25) is 19.8 Å². The highest BCUT2D eigenvalue weighted by atomic mass is 32.2. The number of benzene rings is 2. The van der Waals surface area contributed by atoms with E-state index in [4.69, 9.17) is 0 Å². The standard InChI is InChI=1S/C23H22N4O3S/c28-20-12-16(13-26(20)17-6-2-1-3-7-17)21(29)25-27-22(30)18-8-4-5-9-19(18)24-23(27)31-14-15-10-11-15/h1-9,15-16H,10-14H2,(H,25,29). The fraction of sp³-hybridized carbons (Fsp3) is 0.304. The molecule has 1 unspecified atom stereocenters. The fourth-order valence-corrected chi connectivity index (χ4v) is 4.87. The second kappa shape index (κ2) is 8.19. The van der Waals surface area contributed by atoms with E-state index >= 15 is 0 Å². The number of rotatable bonds is 6. The third-order valence-corrected chi connectivity index (χ3v) is 6.85. The zero-order chi connectivity index (χ0) is 21.4. The van der Waals surface area contributed by atoms with Crippen LogP contribution in [0.5, 0.6) is 0 Å². The number of carbonyl (C=O) groups excluding carboxylic acids is 2. The molecule has 1 saturated carbocycles. The maximum absolute atomic E-state index is 13.1. The molecule has 2 aromatic carbocycles. The molecule has 1 N–H and O–H groups in total. The van der Waals surface area contributed by atoms with E-state index in [0.29, 0.717) is 22.0 Å². The molecule has 158 valence electrons.